The van der Waals surface area contributed by atoms with Crippen LogP contribution in [0.2, 0.25) is 5.02 Å². The van der Waals surface area contributed by atoms with E-state index in [0.717, 1.165) is 22.6 Å². The molecule has 0 radical (unpaired) electrons. The van der Waals surface area contributed by atoms with Crippen LogP contribution in [0.15, 0.2) is 54.6 Å². The molecule has 0 aliphatic heterocycles. The second-order valence-corrected chi connectivity index (χ2v) is 6.86. The van der Waals surface area contributed by atoms with Gasteiger partial charge >= 0.3 is 0 Å². The Morgan fingerprint density at radius 1 is 0.963 bits per heavy atom. The van der Waals surface area contributed by atoms with Crippen molar-refractivity contribution in [3.8, 4) is 0 Å². The van der Waals surface area contributed by atoms with E-state index in [1.165, 1.54) is 0 Å². The van der Waals surface area contributed by atoms with Crippen molar-refractivity contribution in [1.29, 1.82) is 0 Å². The van der Waals surface area contributed by atoms with Gasteiger partial charge in [0.25, 0.3) is 5.91 Å². The van der Waals surface area contributed by atoms with Gasteiger partial charge in [0.1, 0.15) is 0 Å². The molecule has 1 aromatic heterocycles. The lowest BCUT2D eigenvalue weighted by atomic mass is 10.1. The van der Waals surface area contributed by atoms with Gasteiger partial charge in [-0.25, -0.2) is 9.97 Å². The number of carbonyl (C=O) groups is 1. The lowest BCUT2D eigenvalue weighted by molar-refractivity contribution is 0.0940. The molecule has 0 spiro atoms. The maximum atomic E-state index is 12.5. The van der Waals surface area contributed by atoms with E-state index in [4.69, 9.17) is 11.6 Å². The summed E-state index contributed by atoms with van der Waals surface area (Å²) in [6.07, 6.45) is 0. The van der Waals surface area contributed by atoms with Crippen molar-refractivity contribution in [2.75, 3.05) is 5.32 Å². The summed E-state index contributed by atoms with van der Waals surface area (Å²) >= 11 is 5.91. The number of nitrogens with zero attached hydrogens (tertiary/aromatic N) is 2. The minimum atomic E-state index is -0.133. The zero-order valence-corrected chi connectivity index (χ0v) is 16.2. The van der Waals surface area contributed by atoms with Gasteiger partial charge in [0.2, 0.25) is 5.95 Å². The lowest BCUT2D eigenvalue weighted by Gasteiger charge is -2.15. The molecule has 1 unspecified atom stereocenters. The van der Waals surface area contributed by atoms with E-state index in [0.29, 0.717) is 16.5 Å². The van der Waals surface area contributed by atoms with Crippen LogP contribution in [0.25, 0.3) is 0 Å². The Morgan fingerprint density at radius 3 is 2.15 bits per heavy atom. The zero-order valence-electron chi connectivity index (χ0n) is 15.5. The average molecular weight is 381 g/mol. The van der Waals surface area contributed by atoms with E-state index >= 15 is 0 Å². The summed E-state index contributed by atoms with van der Waals surface area (Å²) in [7, 11) is 0. The summed E-state index contributed by atoms with van der Waals surface area (Å²) in [4.78, 5) is 21.2. The largest absolute Gasteiger partial charge is 0.346 e. The van der Waals surface area contributed by atoms with Crippen molar-refractivity contribution in [2.45, 2.75) is 26.8 Å². The van der Waals surface area contributed by atoms with E-state index in [2.05, 4.69) is 20.6 Å². The normalized spacial score (nSPS) is 11.7. The number of anilines is 2. The molecule has 0 bridgehead atoms. The molecule has 0 aliphatic rings. The van der Waals surface area contributed by atoms with Gasteiger partial charge in [-0.05, 0) is 68.8 Å². The van der Waals surface area contributed by atoms with Crippen LogP contribution in [0.3, 0.4) is 0 Å². The highest BCUT2D eigenvalue weighted by Crippen LogP contribution is 2.18. The topological polar surface area (TPSA) is 66.9 Å². The fourth-order valence-corrected chi connectivity index (χ4v) is 2.86. The van der Waals surface area contributed by atoms with Crippen LogP contribution in [0.4, 0.5) is 11.6 Å². The number of benzene rings is 2. The van der Waals surface area contributed by atoms with Crippen LogP contribution in [-0.2, 0) is 0 Å². The minimum Gasteiger partial charge on any atom is -0.346 e. The van der Waals surface area contributed by atoms with Crippen LogP contribution in [0.1, 0.15) is 40.3 Å². The highest BCUT2D eigenvalue weighted by Gasteiger charge is 2.11. The van der Waals surface area contributed by atoms with Crippen molar-refractivity contribution >= 4 is 29.1 Å². The Kier molecular flexibility index (Phi) is 5.72. The van der Waals surface area contributed by atoms with Crippen LogP contribution >= 0.6 is 11.6 Å². The predicted octanol–water partition coefficient (Wildman–Crippen LogP) is 4.98. The standard InChI is InChI=1S/C21H21ClN4O/c1-13-12-14(2)24-21(23-13)26-19-10-6-17(7-11-19)20(27)25-15(3)16-4-8-18(22)9-5-16/h4-12,15H,1-3H3,(H,25,27)(H,23,24,26). The molecular formula is C21H21ClN4O. The fourth-order valence-electron chi connectivity index (χ4n) is 2.73. The highest BCUT2D eigenvalue weighted by atomic mass is 35.5. The van der Waals surface area contributed by atoms with Crippen molar-refractivity contribution in [3.63, 3.8) is 0 Å². The molecule has 0 fully saturated rings. The third-order valence-corrected chi connectivity index (χ3v) is 4.36. The highest BCUT2D eigenvalue weighted by molar-refractivity contribution is 6.30. The summed E-state index contributed by atoms with van der Waals surface area (Å²) in [5, 5.41) is 6.82. The van der Waals surface area contributed by atoms with Gasteiger partial charge in [0.15, 0.2) is 0 Å². The first-order valence-electron chi connectivity index (χ1n) is 8.66. The Labute approximate surface area is 163 Å². The summed E-state index contributed by atoms with van der Waals surface area (Å²) in [5.41, 5.74) is 4.21. The maximum absolute atomic E-state index is 12.5. The van der Waals surface area contributed by atoms with Crippen LogP contribution in [-0.4, -0.2) is 15.9 Å². The summed E-state index contributed by atoms with van der Waals surface area (Å²) in [5.74, 6) is 0.410. The first-order chi connectivity index (χ1) is 12.9. The molecule has 3 rings (SSSR count). The molecule has 0 saturated heterocycles. The van der Waals surface area contributed by atoms with Gasteiger partial charge in [0, 0.05) is 27.7 Å². The van der Waals surface area contributed by atoms with Gasteiger partial charge in [-0.1, -0.05) is 23.7 Å². The van der Waals surface area contributed by atoms with E-state index in [1.807, 2.05) is 63.2 Å². The number of aromatic nitrogens is 2. The Hall–Kier alpha value is -2.92. The molecule has 1 amide bonds. The maximum Gasteiger partial charge on any atom is 0.251 e. The minimum absolute atomic E-state index is 0.115. The van der Waals surface area contributed by atoms with Gasteiger partial charge in [-0.15, -0.1) is 0 Å². The molecule has 1 atom stereocenters. The van der Waals surface area contributed by atoms with Gasteiger partial charge in [-0.2, -0.15) is 0 Å². The molecule has 0 aliphatic carbocycles. The third-order valence-electron chi connectivity index (χ3n) is 4.10. The fraction of sp³-hybridized carbons (Fsp3) is 0.190. The molecule has 138 valence electrons. The Balaban J connectivity index is 1.65. The van der Waals surface area contributed by atoms with Crippen LogP contribution < -0.4 is 10.6 Å². The van der Waals surface area contributed by atoms with Crippen molar-refractivity contribution in [2.24, 2.45) is 0 Å². The number of hydrogen-bond acceptors (Lipinski definition) is 4. The van der Waals surface area contributed by atoms with E-state index in [-0.39, 0.29) is 11.9 Å². The van der Waals surface area contributed by atoms with E-state index in [9.17, 15) is 4.79 Å². The van der Waals surface area contributed by atoms with E-state index in [1.54, 1.807) is 12.1 Å². The Bertz CT molecular complexity index is 919. The van der Waals surface area contributed by atoms with Crippen molar-refractivity contribution in [1.82, 2.24) is 15.3 Å². The summed E-state index contributed by atoms with van der Waals surface area (Å²) in [6.45, 7) is 5.79. The van der Waals surface area contributed by atoms with Gasteiger partial charge in [0.05, 0.1) is 6.04 Å². The smallest absolute Gasteiger partial charge is 0.251 e. The molecule has 5 nitrogen and oxygen atoms in total. The molecule has 1 heterocycles. The van der Waals surface area contributed by atoms with E-state index < -0.39 is 0 Å². The molecule has 27 heavy (non-hydrogen) atoms. The average Bonchev–Trinajstić information content (AvgIpc) is 2.62. The van der Waals surface area contributed by atoms with Crippen molar-refractivity contribution in [3.05, 3.63) is 82.1 Å². The zero-order chi connectivity index (χ0) is 19.4. The Morgan fingerprint density at radius 2 is 1.56 bits per heavy atom. The lowest BCUT2D eigenvalue weighted by Crippen LogP contribution is -2.26. The summed E-state index contributed by atoms with van der Waals surface area (Å²) in [6, 6.07) is 16.5. The SMILES string of the molecule is Cc1cc(C)nc(Nc2ccc(C(=O)NC(C)c3ccc(Cl)cc3)cc2)n1. The van der Waals surface area contributed by atoms with Gasteiger partial charge < -0.3 is 10.6 Å². The molecule has 2 aromatic carbocycles. The third kappa shape index (κ3) is 5.05. The van der Waals surface area contributed by atoms with Crippen molar-refractivity contribution < 1.29 is 4.79 Å². The molecule has 3 aromatic rings. The van der Waals surface area contributed by atoms with Crippen LogP contribution in [0.5, 0.6) is 0 Å². The number of carbonyl (C=O) groups excluding carboxylic acids is 1. The molecule has 0 saturated carbocycles. The molecular weight excluding hydrogens is 360 g/mol. The number of rotatable bonds is 5. The second kappa shape index (κ2) is 8.18. The first kappa shape index (κ1) is 18.9. The number of aryl methyl sites for hydroxylation is 2. The monoisotopic (exact) mass is 380 g/mol. The number of halogens is 1. The predicted molar refractivity (Wildman–Crippen MR) is 109 cm³/mol. The number of nitrogens with one attached hydrogen (secondary N) is 2. The summed E-state index contributed by atoms with van der Waals surface area (Å²) < 4.78 is 0. The first-order valence-corrected chi connectivity index (χ1v) is 9.04. The molecule has 2 N–H and O–H groups in total. The molecule has 6 heteroatoms. The van der Waals surface area contributed by atoms with Gasteiger partial charge in [-0.3, -0.25) is 4.79 Å². The van der Waals surface area contributed by atoms with Crippen LogP contribution in [0, 0.1) is 13.8 Å². The number of hydrogen-bond donors (Lipinski definition) is 2. The second-order valence-electron chi connectivity index (χ2n) is 6.42. The number of amides is 1. The quantitative estimate of drug-likeness (QED) is 0.655.